The zero-order valence-corrected chi connectivity index (χ0v) is 15.3. The van der Waals surface area contributed by atoms with Crippen molar-refractivity contribution in [2.75, 3.05) is 24.5 Å². The van der Waals surface area contributed by atoms with Crippen molar-refractivity contribution in [1.82, 2.24) is 20.3 Å². The minimum Gasteiger partial charge on any atom is -0.442 e. The first-order chi connectivity index (χ1) is 12.7. The smallest absolute Gasteiger partial charge is 0.414 e. The second kappa shape index (κ2) is 6.51. The maximum Gasteiger partial charge on any atom is 0.414 e. The Kier molecular flexibility index (Phi) is 4.29. The molecule has 0 radical (unpaired) electrons. The number of cyclic esters (lactones) is 1. The molecule has 1 aliphatic carbocycles. The van der Waals surface area contributed by atoms with Gasteiger partial charge in [0, 0.05) is 30.5 Å². The van der Waals surface area contributed by atoms with Crippen LogP contribution in [0.1, 0.15) is 5.56 Å². The molecule has 1 aromatic carbocycles. The second-order valence-electron chi connectivity index (χ2n) is 7.10. The number of carbonyl (C=O) groups excluding carboxylic acids is 1. The largest absolute Gasteiger partial charge is 0.442 e. The van der Waals surface area contributed by atoms with E-state index in [1.165, 1.54) is 0 Å². The molecular weight excluding hydrogens is 368 g/mol. The summed E-state index contributed by atoms with van der Waals surface area (Å²) in [6, 6.07) is 7.82. The summed E-state index contributed by atoms with van der Waals surface area (Å²) >= 11 is 0. The lowest BCUT2D eigenvalue weighted by molar-refractivity contribution is 0.129. The van der Waals surface area contributed by atoms with Crippen LogP contribution in [-0.4, -0.2) is 46.8 Å². The fourth-order valence-electron chi connectivity index (χ4n) is 4.44. The Hall–Kier alpha value is -2.63. The van der Waals surface area contributed by atoms with Gasteiger partial charge < -0.3 is 14.9 Å². The van der Waals surface area contributed by atoms with E-state index in [1.54, 1.807) is 22.0 Å². The standard InChI is InChI=1S/C18H18N6O2.ClH/c1-19-18(15-8-20-9-16(15)18)12-2-4-13(5-3-12)24-11-14(26-17(24)25)10-23-7-6-21-22-23;/h2-7,14-16,20H,8-11H2;1H/t14-,15-,16+,18?;/m0./s1. The summed E-state index contributed by atoms with van der Waals surface area (Å²) < 4.78 is 7.09. The van der Waals surface area contributed by atoms with E-state index in [-0.39, 0.29) is 30.1 Å². The van der Waals surface area contributed by atoms with Crippen LogP contribution in [0.4, 0.5) is 10.5 Å². The van der Waals surface area contributed by atoms with Crippen molar-refractivity contribution >= 4 is 24.2 Å². The van der Waals surface area contributed by atoms with Crippen molar-refractivity contribution in [2.24, 2.45) is 11.8 Å². The molecular formula is C18H19ClN6O2. The number of aromatic nitrogens is 3. The summed E-state index contributed by atoms with van der Waals surface area (Å²) in [6.07, 6.45) is 2.74. The van der Waals surface area contributed by atoms with Crippen LogP contribution in [0.2, 0.25) is 0 Å². The van der Waals surface area contributed by atoms with Gasteiger partial charge in [-0.05, 0) is 24.3 Å². The first kappa shape index (κ1) is 17.8. The van der Waals surface area contributed by atoms with Crippen molar-refractivity contribution in [1.29, 1.82) is 0 Å². The molecule has 2 aliphatic heterocycles. The maximum atomic E-state index is 12.2. The van der Waals surface area contributed by atoms with Crippen LogP contribution >= 0.6 is 12.4 Å². The molecule has 0 spiro atoms. The van der Waals surface area contributed by atoms with Crippen LogP contribution in [0.25, 0.3) is 4.85 Å². The van der Waals surface area contributed by atoms with Gasteiger partial charge in [0.05, 0.1) is 31.1 Å². The van der Waals surface area contributed by atoms with Gasteiger partial charge in [0.2, 0.25) is 0 Å². The number of fused-ring (bicyclic) bond motifs is 1. The minimum absolute atomic E-state index is 0. The lowest BCUT2D eigenvalue weighted by Crippen LogP contribution is -2.26. The average molecular weight is 387 g/mol. The van der Waals surface area contributed by atoms with Crippen molar-refractivity contribution in [2.45, 2.75) is 18.2 Å². The highest BCUT2D eigenvalue weighted by Gasteiger charge is 2.75. The molecule has 1 saturated carbocycles. The Morgan fingerprint density at radius 1 is 1.30 bits per heavy atom. The van der Waals surface area contributed by atoms with Gasteiger partial charge in [-0.15, -0.1) is 17.5 Å². The second-order valence-corrected chi connectivity index (χ2v) is 7.10. The lowest BCUT2D eigenvalue weighted by Gasteiger charge is -2.15. The molecule has 1 unspecified atom stereocenters. The van der Waals surface area contributed by atoms with Gasteiger partial charge in [-0.25, -0.2) is 16.0 Å². The van der Waals surface area contributed by atoms with Crippen LogP contribution < -0.4 is 10.2 Å². The number of anilines is 1. The third-order valence-corrected chi connectivity index (χ3v) is 5.80. The molecule has 3 fully saturated rings. The van der Waals surface area contributed by atoms with Gasteiger partial charge in [-0.1, -0.05) is 5.21 Å². The van der Waals surface area contributed by atoms with Crippen molar-refractivity contribution in [3.05, 3.63) is 53.6 Å². The lowest BCUT2D eigenvalue weighted by atomic mass is 10.00. The highest BCUT2D eigenvalue weighted by molar-refractivity contribution is 5.89. The molecule has 1 aromatic heterocycles. The van der Waals surface area contributed by atoms with E-state index in [1.807, 2.05) is 24.3 Å². The van der Waals surface area contributed by atoms with Gasteiger partial charge >= 0.3 is 6.09 Å². The quantitative estimate of drug-likeness (QED) is 0.809. The van der Waals surface area contributed by atoms with Crippen molar-refractivity contribution < 1.29 is 9.53 Å². The third-order valence-electron chi connectivity index (χ3n) is 5.80. The Morgan fingerprint density at radius 3 is 2.67 bits per heavy atom. The van der Waals surface area contributed by atoms with Crippen molar-refractivity contribution in [3.8, 4) is 0 Å². The van der Waals surface area contributed by atoms with Gasteiger partial charge in [-0.2, -0.15) is 0 Å². The highest BCUT2D eigenvalue weighted by atomic mass is 35.5. The Morgan fingerprint density at radius 2 is 2.04 bits per heavy atom. The third kappa shape index (κ3) is 2.66. The van der Waals surface area contributed by atoms with E-state index in [9.17, 15) is 4.79 Å². The van der Waals surface area contributed by atoms with E-state index in [0.717, 1.165) is 24.3 Å². The summed E-state index contributed by atoms with van der Waals surface area (Å²) in [4.78, 5) is 17.8. The molecule has 2 saturated heterocycles. The fourth-order valence-corrected chi connectivity index (χ4v) is 4.44. The summed E-state index contributed by atoms with van der Waals surface area (Å²) in [7, 11) is 0. The normalized spacial score (nSPS) is 31.0. The first-order valence-electron chi connectivity index (χ1n) is 8.74. The molecule has 1 N–H and O–H groups in total. The molecule has 9 heteroatoms. The molecule has 5 rings (SSSR count). The summed E-state index contributed by atoms with van der Waals surface area (Å²) in [5.74, 6) is 0.823. The fraction of sp³-hybridized carbons (Fsp3) is 0.444. The molecule has 3 aliphatic rings. The first-order valence-corrected chi connectivity index (χ1v) is 8.74. The number of ether oxygens (including phenoxy) is 1. The highest BCUT2D eigenvalue weighted by Crippen LogP contribution is 2.62. The number of benzene rings is 1. The molecule has 140 valence electrons. The van der Waals surface area contributed by atoms with Gasteiger partial charge in [-0.3, -0.25) is 4.90 Å². The predicted octanol–water partition coefficient (Wildman–Crippen LogP) is 1.69. The Balaban J connectivity index is 0.00000180. The number of rotatable bonds is 4. The number of hydrogen-bond donors (Lipinski definition) is 1. The van der Waals surface area contributed by atoms with Crippen LogP contribution in [0, 0.1) is 18.4 Å². The van der Waals surface area contributed by atoms with E-state index < -0.39 is 0 Å². The minimum atomic E-state index is -0.370. The Labute approximate surface area is 162 Å². The molecule has 1 amide bonds. The maximum absolute atomic E-state index is 12.2. The van der Waals surface area contributed by atoms with E-state index in [4.69, 9.17) is 11.3 Å². The van der Waals surface area contributed by atoms with E-state index >= 15 is 0 Å². The number of piperidine rings is 1. The topological polar surface area (TPSA) is 76.6 Å². The van der Waals surface area contributed by atoms with Crippen LogP contribution in [0.15, 0.2) is 36.7 Å². The molecule has 0 bridgehead atoms. The number of amides is 1. The number of nitrogens with zero attached hydrogens (tertiary/aromatic N) is 5. The molecule has 4 atom stereocenters. The molecule has 27 heavy (non-hydrogen) atoms. The zero-order chi connectivity index (χ0) is 17.7. The number of nitrogens with one attached hydrogen (secondary N) is 1. The zero-order valence-electron chi connectivity index (χ0n) is 14.5. The summed E-state index contributed by atoms with van der Waals surface area (Å²) in [5.41, 5.74) is 1.48. The summed E-state index contributed by atoms with van der Waals surface area (Å²) in [6.45, 7) is 10.5. The number of carbonyl (C=O) groups is 1. The molecule has 3 heterocycles. The SMILES string of the molecule is Cl.[C-]#[N+]C1(c2ccc(N3C[C@H](Cn4ccnn4)OC3=O)cc2)[C@@H]2CNC[C@@H]21. The van der Waals surface area contributed by atoms with Crippen LogP contribution in [-0.2, 0) is 16.8 Å². The predicted molar refractivity (Wildman–Crippen MR) is 99.5 cm³/mol. The van der Waals surface area contributed by atoms with Gasteiger partial charge in [0.1, 0.15) is 6.10 Å². The average Bonchev–Trinajstić information content (AvgIpc) is 3.19. The number of halogens is 1. The van der Waals surface area contributed by atoms with Gasteiger partial charge in [0.25, 0.3) is 5.54 Å². The molecule has 2 aromatic rings. The molecule has 8 nitrogen and oxygen atoms in total. The Bertz CT molecular complexity index is 868. The van der Waals surface area contributed by atoms with Crippen molar-refractivity contribution in [3.63, 3.8) is 0 Å². The van der Waals surface area contributed by atoms with E-state index in [0.29, 0.717) is 24.9 Å². The van der Waals surface area contributed by atoms with Gasteiger partial charge in [0.15, 0.2) is 0 Å². The summed E-state index contributed by atoms with van der Waals surface area (Å²) in [5, 5.41) is 11.0. The van der Waals surface area contributed by atoms with Crippen LogP contribution in [0.3, 0.4) is 0 Å². The number of hydrogen-bond acceptors (Lipinski definition) is 5. The monoisotopic (exact) mass is 386 g/mol. The van der Waals surface area contributed by atoms with Crippen LogP contribution in [0.5, 0.6) is 0 Å². The van der Waals surface area contributed by atoms with E-state index in [2.05, 4.69) is 20.5 Å².